The fraction of sp³-hybridized carbons (Fsp3) is 0.154. The van der Waals surface area contributed by atoms with Crippen molar-refractivity contribution in [3.63, 3.8) is 0 Å². The first-order chi connectivity index (χ1) is 10.0. The van der Waals surface area contributed by atoms with Gasteiger partial charge in [0, 0.05) is 17.1 Å². The molecule has 2 aromatic rings. The van der Waals surface area contributed by atoms with Crippen LogP contribution in [0, 0.1) is 11.6 Å². The molecule has 0 spiro atoms. The quantitative estimate of drug-likeness (QED) is 0.854. The van der Waals surface area contributed by atoms with Crippen molar-refractivity contribution in [2.24, 2.45) is 0 Å². The summed E-state index contributed by atoms with van der Waals surface area (Å²) in [5, 5.41) is 9.85. The third-order valence-corrected chi connectivity index (χ3v) is 2.84. The first-order valence-electron chi connectivity index (χ1n) is 5.95. The van der Waals surface area contributed by atoms with E-state index in [1.54, 1.807) is 6.92 Å². The highest BCUT2D eigenvalue weighted by Gasteiger charge is 2.13. The molecular formula is C13H10BrF2N3O2. The average Bonchev–Trinajstić information content (AvgIpc) is 2.45. The number of aromatic nitrogens is 2. The molecule has 2 rings (SSSR count). The summed E-state index contributed by atoms with van der Waals surface area (Å²) in [6.45, 7) is 2.23. The van der Waals surface area contributed by atoms with Crippen molar-refractivity contribution in [1.82, 2.24) is 15.5 Å². The predicted octanol–water partition coefficient (Wildman–Crippen LogP) is 3.06. The van der Waals surface area contributed by atoms with Crippen LogP contribution in [-0.2, 0) is 0 Å². The number of hydrogen-bond donors (Lipinski definition) is 1. The van der Waals surface area contributed by atoms with E-state index in [9.17, 15) is 13.6 Å². The Bertz CT molecular complexity index is 665. The van der Waals surface area contributed by atoms with E-state index >= 15 is 0 Å². The zero-order valence-electron chi connectivity index (χ0n) is 10.9. The van der Waals surface area contributed by atoms with Crippen LogP contribution in [-0.4, -0.2) is 22.6 Å². The highest BCUT2D eigenvalue weighted by molar-refractivity contribution is 9.10. The largest absolute Gasteiger partial charge is 0.434 e. The van der Waals surface area contributed by atoms with Gasteiger partial charge in [-0.25, -0.2) is 4.39 Å². The van der Waals surface area contributed by atoms with Gasteiger partial charge in [0.1, 0.15) is 0 Å². The van der Waals surface area contributed by atoms with Crippen LogP contribution in [0.1, 0.15) is 17.4 Å². The molecule has 0 atom stereocenters. The van der Waals surface area contributed by atoms with E-state index in [1.807, 2.05) is 0 Å². The monoisotopic (exact) mass is 357 g/mol. The van der Waals surface area contributed by atoms with Crippen molar-refractivity contribution < 1.29 is 18.3 Å². The van der Waals surface area contributed by atoms with E-state index in [4.69, 9.17) is 4.74 Å². The van der Waals surface area contributed by atoms with Crippen molar-refractivity contribution in [3.05, 3.63) is 46.1 Å². The normalized spacial score (nSPS) is 10.3. The van der Waals surface area contributed by atoms with Crippen LogP contribution in [0.15, 0.2) is 28.7 Å². The number of carbonyl (C=O) groups is 1. The Morgan fingerprint density at radius 1 is 1.33 bits per heavy atom. The van der Waals surface area contributed by atoms with E-state index in [0.717, 1.165) is 6.07 Å². The molecule has 0 saturated heterocycles. The summed E-state index contributed by atoms with van der Waals surface area (Å²) in [6.07, 6.45) is 0. The van der Waals surface area contributed by atoms with Gasteiger partial charge in [0.25, 0.3) is 5.91 Å². The molecule has 0 radical (unpaired) electrons. The molecule has 5 nitrogen and oxygen atoms in total. The van der Waals surface area contributed by atoms with Crippen molar-refractivity contribution in [3.8, 4) is 11.6 Å². The zero-order valence-corrected chi connectivity index (χ0v) is 12.4. The number of rotatable bonds is 4. The van der Waals surface area contributed by atoms with Gasteiger partial charge in [0.15, 0.2) is 17.3 Å². The highest BCUT2D eigenvalue weighted by Crippen LogP contribution is 2.28. The lowest BCUT2D eigenvalue weighted by molar-refractivity contribution is 0.0949. The van der Waals surface area contributed by atoms with E-state index in [2.05, 4.69) is 31.4 Å². The summed E-state index contributed by atoms with van der Waals surface area (Å²) in [7, 11) is 0. The Hall–Kier alpha value is -2.09. The fourth-order valence-corrected chi connectivity index (χ4v) is 1.87. The summed E-state index contributed by atoms with van der Waals surface area (Å²) in [5.74, 6) is -2.95. The number of amides is 1. The minimum absolute atomic E-state index is 0.0561. The van der Waals surface area contributed by atoms with Gasteiger partial charge in [0.05, 0.1) is 0 Å². The number of nitrogens with one attached hydrogen (secondary N) is 1. The molecule has 0 aliphatic heterocycles. The Morgan fingerprint density at radius 3 is 2.71 bits per heavy atom. The molecule has 8 heteroatoms. The van der Waals surface area contributed by atoms with E-state index in [-0.39, 0.29) is 23.2 Å². The molecular weight excluding hydrogens is 348 g/mol. The second kappa shape index (κ2) is 6.57. The van der Waals surface area contributed by atoms with Crippen LogP contribution in [0.4, 0.5) is 8.78 Å². The van der Waals surface area contributed by atoms with Crippen LogP contribution in [0.5, 0.6) is 11.6 Å². The van der Waals surface area contributed by atoms with Gasteiger partial charge in [-0.2, -0.15) is 4.39 Å². The van der Waals surface area contributed by atoms with Gasteiger partial charge in [-0.3, -0.25) is 4.79 Å². The summed E-state index contributed by atoms with van der Waals surface area (Å²) in [4.78, 5) is 11.5. The van der Waals surface area contributed by atoms with Crippen molar-refractivity contribution in [1.29, 1.82) is 0 Å². The number of nitrogens with zero attached hydrogens (tertiary/aromatic N) is 2. The van der Waals surface area contributed by atoms with Gasteiger partial charge in [0.2, 0.25) is 11.7 Å². The summed E-state index contributed by atoms with van der Waals surface area (Å²) < 4.78 is 32.2. The molecule has 1 heterocycles. The van der Waals surface area contributed by atoms with E-state index in [1.165, 1.54) is 18.2 Å². The lowest BCUT2D eigenvalue weighted by Gasteiger charge is -2.07. The Morgan fingerprint density at radius 2 is 2.10 bits per heavy atom. The molecule has 1 amide bonds. The third kappa shape index (κ3) is 3.72. The lowest BCUT2D eigenvalue weighted by Crippen LogP contribution is -2.23. The van der Waals surface area contributed by atoms with Crippen LogP contribution in [0.2, 0.25) is 0 Å². The summed E-state index contributed by atoms with van der Waals surface area (Å²) in [6, 6.07) is 4.96. The number of ether oxygens (including phenoxy) is 1. The van der Waals surface area contributed by atoms with Crippen LogP contribution < -0.4 is 10.1 Å². The van der Waals surface area contributed by atoms with E-state index in [0.29, 0.717) is 11.0 Å². The average molecular weight is 358 g/mol. The van der Waals surface area contributed by atoms with Crippen LogP contribution in [0.25, 0.3) is 0 Å². The number of benzene rings is 1. The molecule has 110 valence electrons. The van der Waals surface area contributed by atoms with Gasteiger partial charge in [-0.15, -0.1) is 10.2 Å². The molecule has 1 N–H and O–H groups in total. The molecule has 0 unspecified atom stereocenters. The summed E-state index contributed by atoms with van der Waals surface area (Å²) >= 11 is 3.03. The fourth-order valence-electron chi connectivity index (χ4n) is 1.47. The van der Waals surface area contributed by atoms with E-state index < -0.39 is 11.6 Å². The van der Waals surface area contributed by atoms with Crippen molar-refractivity contribution in [2.75, 3.05) is 6.54 Å². The molecule has 0 fully saturated rings. The minimum atomic E-state index is -1.13. The molecule has 21 heavy (non-hydrogen) atoms. The van der Waals surface area contributed by atoms with Crippen molar-refractivity contribution in [2.45, 2.75) is 6.92 Å². The maximum Gasteiger partial charge on any atom is 0.271 e. The Balaban J connectivity index is 2.19. The highest BCUT2D eigenvalue weighted by atomic mass is 79.9. The second-order valence-corrected chi connectivity index (χ2v) is 4.83. The maximum atomic E-state index is 13.5. The molecule has 0 aliphatic rings. The second-order valence-electron chi connectivity index (χ2n) is 3.92. The SMILES string of the molecule is CCNC(=O)c1ccc(Oc2cc(Br)cc(F)c2F)nn1. The smallest absolute Gasteiger partial charge is 0.271 e. The lowest BCUT2D eigenvalue weighted by atomic mass is 10.3. The standard InChI is InChI=1S/C13H10BrF2N3O2/c1-2-17-13(20)9-3-4-11(19-18-9)21-10-6-7(14)5-8(15)12(10)16/h3-6H,2H2,1H3,(H,17,20). The number of carbonyl (C=O) groups excluding carboxylic acids is 1. The maximum absolute atomic E-state index is 13.5. The van der Waals surface area contributed by atoms with Crippen LogP contribution >= 0.6 is 15.9 Å². The number of hydrogen-bond acceptors (Lipinski definition) is 4. The van der Waals surface area contributed by atoms with Crippen molar-refractivity contribution >= 4 is 21.8 Å². The van der Waals surface area contributed by atoms with Gasteiger partial charge < -0.3 is 10.1 Å². The molecule has 0 saturated carbocycles. The Kier molecular flexibility index (Phi) is 4.79. The molecule has 0 aliphatic carbocycles. The molecule has 1 aromatic carbocycles. The molecule has 1 aromatic heterocycles. The Labute approximate surface area is 127 Å². The van der Waals surface area contributed by atoms with Gasteiger partial charge in [-0.05, 0) is 25.1 Å². The third-order valence-electron chi connectivity index (χ3n) is 2.38. The van der Waals surface area contributed by atoms with Gasteiger partial charge >= 0.3 is 0 Å². The minimum Gasteiger partial charge on any atom is -0.434 e. The van der Waals surface area contributed by atoms with Crippen LogP contribution in [0.3, 0.4) is 0 Å². The molecule has 0 bridgehead atoms. The first kappa shape index (κ1) is 15.3. The predicted molar refractivity (Wildman–Crippen MR) is 74.2 cm³/mol. The first-order valence-corrected chi connectivity index (χ1v) is 6.75. The topological polar surface area (TPSA) is 64.1 Å². The zero-order chi connectivity index (χ0) is 15.4. The van der Waals surface area contributed by atoms with Gasteiger partial charge in [-0.1, -0.05) is 15.9 Å². The number of halogens is 3. The summed E-state index contributed by atoms with van der Waals surface area (Å²) in [5.41, 5.74) is 0.102.